The van der Waals surface area contributed by atoms with Gasteiger partial charge in [-0.05, 0) is 18.4 Å². The topological polar surface area (TPSA) is 58.2 Å². The van der Waals surface area contributed by atoms with Gasteiger partial charge in [-0.25, -0.2) is 0 Å². The molecule has 0 saturated carbocycles. The van der Waals surface area contributed by atoms with Gasteiger partial charge in [0.2, 0.25) is 11.8 Å². The molecule has 18 heavy (non-hydrogen) atoms. The molecule has 1 heterocycles. The van der Waals surface area contributed by atoms with Crippen molar-refractivity contribution in [2.45, 2.75) is 31.7 Å². The number of hydrogen-bond donors (Lipinski definition) is 2. The van der Waals surface area contributed by atoms with Crippen molar-refractivity contribution in [1.82, 2.24) is 10.6 Å². The molecule has 0 aliphatic carbocycles. The molecule has 2 amide bonds. The molecule has 0 aromatic heterocycles. The van der Waals surface area contributed by atoms with Crippen molar-refractivity contribution in [1.29, 1.82) is 0 Å². The van der Waals surface area contributed by atoms with Gasteiger partial charge in [-0.1, -0.05) is 30.3 Å². The van der Waals surface area contributed by atoms with Crippen LogP contribution in [0, 0.1) is 0 Å². The van der Waals surface area contributed by atoms with Gasteiger partial charge in [-0.15, -0.1) is 0 Å². The van der Waals surface area contributed by atoms with Crippen LogP contribution in [0.4, 0.5) is 0 Å². The van der Waals surface area contributed by atoms with E-state index in [4.69, 9.17) is 0 Å². The van der Waals surface area contributed by atoms with E-state index in [-0.39, 0.29) is 17.9 Å². The molecule has 96 valence electrons. The molecule has 0 spiro atoms. The van der Waals surface area contributed by atoms with Gasteiger partial charge in [0.05, 0.1) is 0 Å². The van der Waals surface area contributed by atoms with Crippen LogP contribution in [-0.2, 0) is 16.0 Å². The second kappa shape index (κ2) is 6.19. The Hall–Kier alpha value is -1.84. The van der Waals surface area contributed by atoms with Crippen molar-refractivity contribution in [2.75, 3.05) is 6.54 Å². The third-order valence-corrected chi connectivity index (χ3v) is 3.11. The van der Waals surface area contributed by atoms with Gasteiger partial charge >= 0.3 is 0 Å². The summed E-state index contributed by atoms with van der Waals surface area (Å²) >= 11 is 0. The van der Waals surface area contributed by atoms with Crippen LogP contribution in [-0.4, -0.2) is 24.4 Å². The fourth-order valence-electron chi connectivity index (χ4n) is 2.06. The minimum absolute atomic E-state index is 0.0556. The van der Waals surface area contributed by atoms with Gasteiger partial charge in [0.25, 0.3) is 0 Å². The Labute approximate surface area is 107 Å². The molecular formula is C14H18N2O2. The molecule has 1 aliphatic heterocycles. The first-order valence-corrected chi connectivity index (χ1v) is 6.34. The maximum atomic E-state index is 11.7. The molecule has 4 heteroatoms. The maximum absolute atomic E-state index is 11.7. The first kappa shape index (κ1) is 12.6. The number of hydrogen-bond acceptors (Lipinski definition) is 2. The molecule has 0 radical (unpaired) electrons. The van der Waals surface area contributed by atoms with Crippen LogP contribution in [0.25, 0.3) is 0 Å². The van der Waals surface area contributed by atoms with Crippen molar-refractivity contribution >= 4 is 11.8 Å². The maximum Gasteiger partial charge on any atom is 0.220 e. The highest BCUT2D eigenvalue weighted by molar-refractivity contribution is 5.79. The molecule has 1 atom stereocenters. The average Bonchev–Trinajstić information content (AvgIpc) is 2.40. The minimum atomic E-state index is 0.0556. The Morgan fingerprint density at radius 3 is 2.78 bits per heavy atom. The third-order valence-electron chi connectivity index (χ3n) is 3.11. The fraction of sp³-hybridized carbons (Fsp3) is 0.429. The molecule has 1 saturated heterocycles. The lowest BCUT2D eigenvalue weighted by Gasteiger charge is -2.23. The number of amides is 2. The molecular weight excluding hydrogens is 228 g/mol. The van der Waals surface area contributed by atoms with E-state index in [0.717, 1.165) is 12.8 Å². The number of piperidine rings is 1. The highest BCUT2D eigenvalue weighted by Crippen LogP contribution is 2.05. The molecule has 2 N–H and O–H groups in total. The summed E-state index contributed by atoms with van der Waals surface area (Å²) in [5.74, 6) is 0.129. The van der Waals surface area contributed by atoms with Crippen LogP contribution in [0.5, 0.6) is 0 Å². The molecule has 1 fully saturated rings. The summed E-state index contributed by atoms with van der Waals surface area (Å²) in [6.07, 6.45) is 2.49. The van der Waals surface area contributed by atoms with Crippen molar-refractivity contribution < 1.29 is 9.59 Å². The van der Waals surface area contributed by atoms with Crippen LogP contribution in [0.1, 0.15) is 24.8 Å². The summed E-state index contributed by atoms with van der Waals surface area (Å²) in [5.41, 5.74) is 1.17. The molecule has 1 aromatic rings. The summed E-state index contributed by atoms with van der Waals surface area (Å²) in [7, 11) is 0. The zero-order valence-electron chi connectivity index (χ0n) is 10.3. The standard InChI is InChI=1S/C14H18N2O2/c17-13-9-7-12(10-15-13)16-14(18)8-6-11-4-2-1-3-5-11/h1-5,12H,6-10H2,(H,15,17)(H,16,18). The van der Waals surface area contributed by atoms with Gasteiger partial charge in [0.1, 0.15) is 0 Å². The molecule has 1 aliphatic rings. The quantitative estimate of drug-likeness (QED) is 0.833. The Kier molecular flexibility index (Phi) is 4.34. The molecule has 4 nitrogen and oxygen atoms in total. The van der Waals surface area contributed by atoms with Gasteiger partial charge in [0.15, 0.2) is 0 Å². The molecule has 2 rings (SSSR count). The molecule has 1 unspecified atom stereocenters. The normalized spacial score (nSPS) is 19.1. The van der Waals surface area contributed by atoms with E-state index < -0.39 is 0 Å². The third kappa shape index (κ3) is 3.87. The summed E-state index contributed by atoms with van der Waals surface area (Å²) in [6.45, 7) is 0.551. The molecule has 0 bridgehead atoms. The van der Waals surface area contributed by atoms with E-state index in [2.05, 4.69) is 10.6 Å². The summed E-state index contributed by atoms with van der Waals surface area (Å²) in [4.78, 5) is 22.7. The first-order valence-electron chi connectivity index (χ1n) is 6.34. The van der Waals surface area contributed by atoms with Crippen LogP contribution in [0.15, 0.2) is 30.3 Å². The second-order valence-electron chi connectivity index (χ2n) is 4.59. The van der Waals surface area contributed by atoms with E-state index in [1.807, 2.05) is 30.3 Å². The highest BCUT2D eigenvalue weighted by atomic mass is 16.2. The van der Waals surface area contributed by atoms with E-state index in [1.54, 1.807) is 0 Å². The number of nitrogens with one attached hydrogen (secondary N) is 2. The Balaban J connectivity index is 1.71. The first-order chi connectivity index (χ1) is 8.74. The number of carbonyl (C=O) groups excluding carboxylic acids is 2. The zero-order valence-corrected chi connectivity index (χ0v) is 10.3. The molecule has 1 aromatic carbocycles. The highest BCUT2D eigenvalue weighted by Gasteiger charge is 2.19. The number of rotatable bonds is 4. The lowest BCUT2D eigenvalue weighted by atomic mass is 10.1. The average molecular weight is 246 g/mol. The van der Waals surface area contributed by atoms with Gasteiger partial charge in [0, 0.05) is 25.4 Å². The summed E-state index contributed by atoms with van der Waals surface area (Å²) < 4.78 is 0. The van der Waals surface area contributed by atoms with E-state index in [1.165, 1.54) is 5.56 Å². The number of aryl methyl sites for hydroxylation is 1. The van der Waals surface area contributed by atoms with Gasteiger partial charge < -0.3 is 10.6 Å². The second-order valence-corrected chi connectivity index (χ2v) is 4.59. The fourth-order valence-corrected chi connectivity index (χ4v) is 2.06. The van der Waals surface area contributed by atoms with E-state index in [9.17, 15) is 9.59 Å². The lowest BCUT2D eigenvalue weighted by Crippen LogP contribution is -2.47. The van der Waals surface area contributed by atoms with Gasteiger partial charge in [-0.2, -0.15) is 0 Å². The van der Waals surface area contributed by atoms with E-state index >= 15 is 0 Å². The SMILES string of the molecule is O=C1CCC(NC(=O)CCc2ccccc2)CN1. The van der Waals surface area contributed by atoms with Crippen LogP contribution in [0.3, 0.4) is 0 Å². The predicted molar refractivity (Wildman–Crippen MR) is 68.9 cm³/mol. The van der Waals surface area contributed by atoms with Crippen LogP contribution < -0.4 is 10.6 Å². The van der Waals surface area contributed by atoms with Crippen molar-refractivity contribution in [3.8, 4) is 0 Å². The lowest BCUT2D eigenvalue weighted by molar-refractivity contribution is -0.125. The Bertz CT molecular complexity index is 407. The Morgan fingerprint density at radius 1 is 1.33 bits per heavy atom. The zero-order chi connectivity index (χ0) is 12.8. The monoisotopic (exact) mass is 246 g/mol. The van der Waals surface area contributed by atoms with Crippen molar-refractivity contribution in [2.24, 2.45) is 0 Å². The number of carbonyl (C=O) groups is 2. The van der Waals surface area contributed by atoms with Crippen molar-refractivity contribution in [3.05, 3.63) is 35.9 Å². The Morgan fingerprint density at radius 2 is 2.11 bits per heavy atom. The van der Waals surface area contributed by atoms with E-state index in [0.29, 0.717) is 19.4 Å². The van der Waals surface area contributed by atoms with Crippen molar-refractivity contribution in [3.63, 3.8) is 0 Å². The summed E-state index contributed by atoms with van der Waals surface area (Å²) in [5, 5.41) is 5.71. The largest absolute Gasteiger partial charge is 0.354 e. The van der Waals surface area contributed by atoms with Crippen LogP contribution >= 0.6 is 0 Å². The smallest absolute Gasteiger partial charge is 0.220 e. The van der Waals surface area contributed by atoms with Gasteiger partial charge in [-0.3, -0.25) is 9.59 Å². The predicted octanol–water partition coefficient (Wildman–Crippen LogP) is 1.01. The summed E-state index contributed by atoms with van der Waals surface area (Å²) in [6, 6.07) is 10.1. The minimum Gasteiger partial charge on any atom is -0.354 e. The number of benzene rings is 1. The van der Waals surface area contributed by atoms with Crippen LogP contribution in [0.2, 0.25) is 0 Å².